The van der Waals surface area contributed by atoms with Crippen molar-refractivity contribution in [2.24, 2.45) is 0 Å². The normalized spacial score (nSPS) is 16.4. The van der Waals surface area contributed by atoms with Crippen LogP contribution in [0.15, 0.2) is 61.4 Å². The summed E-state index contributed by atoms with van der Waals surface area (Å²) in [5.41, 5.74) is 2.00. The summed E-state index contributed by atoms with van der Waals surface area (Å²) >= 11 is 1.21. The van der Waals surface area contributed by atoms with Gasteiger partial charge in [0.25, 0.3) is 5.91 Å². The smallest absolute Gasteiger partial charge is 0.331 e. The van der Waals surface area contributed by atoms with Crippen LogP contribution < -0.4 is 20.3 Å². The number of hydrogen-bond acceptors (Lipinski definition) is 8. The van der Waals surface area contributed by atoms with Crippen molar-refractivity contribution < 1.29 is 19.1 Å². The van der Waals surface area contributed by atoms with Crippen molar-refractivity contribution in [1.82, 2.24) is 25.2 Å². The maximum Gasteiger partial charge on any atom is 0.331 e. The lowest BCUT2D eigenvalue weighted by Gasteiger charge is -2.32. The topological polar surface area (TPSA) is 130 Å². The Kier molecular flexibility index (Phi) is 6.60. The largest absolute Gasteiger partial charge is 0.424 e. The first-order valence-electron chi connectivity index (χ1n) is 12.7. The summed E-state index contributed by atoms with van der Waals surface area (Å²) in [4.78, 5) is 56.3. The van der Waals surface area contributed by atoms with Gasteiger partial charge in [-0.05, 0) is 44.0 Å². The Morgan fingerprint density at radius 1 is 1.20 bits per heavy atom. The number of carbonyl (C=O) groups excluding carboxylic acids is 3. The van der Waals surface area contributed by atoms with Gasteiger partial charge in [-0.3, -0.25) is 14.5 Å². The second-order valence-corrected chi connectivity index (χ2v) is 10.4. The summed E-state index contributed by atoms with van der Waals surface area (Å²) in [5.74, 6) is 0.122. The summed E-state index contributed by atoms with van der Waals surface area (Å²) in [7, 11) is 0. The van der Waals surface area contributed by atoms with E-state index in [0.29, 0.717) is 56.7 Å². The molecular formula is C28H25N7O4S. The molecule has 2 aliphatic rings. The molecule has 0 spiro atoms. The number of aromatic nitrogens is 3. The number of pyridine rings is 1. The molecule has 202 valence electrons. The van der Waals surface area contributed by atoms with Crippen molar-refractivity contribution in [1.29, 1.82) is 0 Å². The van der Waals surface area contributed by atoms with Crippen LogP contribution in [0.3, 0.4) is 0 Å². The van der Waals surface area contributed by atoms with Gasteiger partial charge in [0.05, 0.1) is 34.3 Å². The van der Waals surface area contributed by atoms with Gasteiger partial charge in [-0.15, -0.1) is 11.3 Å². The Bertz CT molecular complexity index is 1660. The van der Waals surface area contributed by atoms with E-state index in [1.807, 2.05) is 18.2 Å². The van der Waals surface area contributed by atoms with Crippen LogP contribution in [-0.2, 0) is 4.79 Å². The maximum atomic E-state index is 13.5. The molecule has 4 amide bonds. The number of piperidine rings is 1. The van der Waals surface area contributed by atoms with Gasteiger partial charge < -0.3 is 20.3 Å². The molecule has 3 aromatic heterocycles. The summed E-state index contributed by atoms with van der Waals surface area (Å²) in [6.45, 7) is 6.36. The number of nitrogens with one attached hydrogen (secondary N) is 2. The van der Waals surface area contributed by atoms with Crippen LogP contribution in [-0.4, -0.2) is 56.8 Å². The van der Waals surface area contributed by atoms with E-state index >= 15 is 0 Å². The molecule has 1 fully saturated rings. The predicted molar refractivity (Wildman–Crippen MR) is 151 cm³/mol. The second-order valence-electron chi connectivity index (χ2n) is 9.42. The zero-order chi connectivity index (χ0) is 27.8. The molecule has 2 aliphatic heterocycles. The Hall–Kier alpha value is -4.84. The number of likely N-dealkylation sites (tertiary alicyclic amines) is 1. The highest BCUT2D eigenvalue weighted by molar-refractivity contribution is 7.21. The highest BCUT2D eigenvalue weighted by atomic mass is 32.1. The number of para-hydroxylation sites is 1. The molecule has 5 heterocycles. The van der Waals surface area contributed by atoms with Crippen molar-refractivity contribution in [3.8, 4) is 11.8 Å². The molecule has 1 atom stereocenters. The third kappa shape index (κ3) is 4.62. The monoisotopic (exact) mass is 555 g/mol. The van der Waals surface area contributed by atoms with Gasteiger partial charge in [0.15, 0.2) is 0 Å². The van der Waals surface area contributed by atoms with Crippen LogP contribution in [0.25, 0.3) is 10.2 Å². The number of carbonyl (C=O) groups is 3. The van der Waals surface area contributed by atoms with Crippen LogP contribution in [0.1, 0.15) is 28.2 Å². The number of thiophene rings is 1. The van der Waals surface area contributed by atoms with Crippen LogP contribution in [0.2, 0.25) is 0 Å². The Balaban J connectivity index is 1.29. The van der Waals surface area contributed by atoms with E-state index in [1.165, 1.54) is 28.5 Å². The number of ether oxygens (including phenoxy) is 1. The molecule has 0 unspecified atom stereocenters. The van der Waals surface area contributed by atoms with Crippen LogP contribution >= 0.6 is 11.3 Å². The Morgan fingerprint density at radius 3 is 2.80 bits per heavy atom. The second kappa shape index (κ2) is 10.4. The van der Waals surface area contributed by atoms with E-state index in [9.17, 15) is 14.4 Å². The lowest BCUT2D eigenvalue weighted by Crippen LogP contribution is -2.49. The first-order valence-corrected chi connectivity index (χ1v) is 13.6. The van der Waals surface area contributed by atoms with Crippen molar-refractivity contribution >= 4 is 56.5 Å². The highest BCUT2D eigenvalue weighted by Gasteiger charge is 2.34. The molecule has 6 rings (SSSR count). The predicted octanol–water partition coefficient (Wildman–Crippen LogP) is 4.78. The van der Waals surface area contributed by atoms with Gasteiger partial charge in [-0.25, -0.2) is 14.8 Å². The van der Waals surface area contributed by atoms with Gasteiger partial charge in [0, 0.05) is 25.3 Å². The van der Waals surface area contributed by atoms with Gasteiger partial charge in [-0.1, -0.05) is 24.8 Å². The van der Waals surface area contributed by atoms with E-state index in [1.54, 1.807) is 36.2 Å². The minimum absolute atomic E-state index is 0.156. The average molecular weight is 556 g/mol. The van der Waals surface area contributed by atoms with E-state index in [2.05, 4.69) is 32.2 Å². The number of hydrogen-bond donors (Lipinski definition) is 2. The van der Waals surface area contributed by atoms with Crippen LogP contribution in [0, 0.1) is 6.92 Å². The molecule has 0 bridgehead atoms. The maximum absolute atomic E-state index is 13.5. The lowest BCUT2D eigenvalue weighted by molar-refractivity contribution is -0.127. The third-order valence-electron chi connectivity index (χ3n) is 6.82. The van der Waals surface area contributed by atoms with Gasteiger partial charge >= 0.3 is 12.0 Å². The fraction of sp³-hybridized carbons (Fsp3) is 0.214. The SMILES string of the molecule is C=CC(=O)N1CCC[C@@H](NC(=O)c2sc3nccc4c3c2NC(=O)N4c2cnc(Oc3ccccc3)nc2C)C1. The minimum Gasteiger partial charge on any atom is -0.424 e. The van der Waals surface area contributed by atoms with Gasteiger partial charge in [0.2, 0.25) is 5.91 Å². The summed E-state index contributed by atoms with van der Waals surface area (Å²) in [5, 5.41) is 6.58. The molecule has 4 aromatic rings. The molecule has 0 radical (unpaired) electrons. The number of rotatable bonds is 6. The van der Waals surface area contributed by atoms with E-state index < -0.39 is 6.03 Å². The third-order valence-corrected chi connectivity index (χ3v) is 7.92. The molecule has 0 saturated carbocycles. The highest BCUT2D eigenvalue weighted by Crippen LogP contribution is 2.46. The van der Waals surface area contributed by atoms with E-state index in [4.69, 9.17) is 4.74 Å². The van der Waals surface area contributed by atoms with Gasteiger partial charge in [0.1, 0.15) is 15.5 Å². The number of benzene rings is 1. The fourth-order valence-corrected chi connectivity index (χ4v) is 5.98. The number of urea groups is 1. The molecule has 1 aromatic carbocycles. The average Bonchev–Trinajstić information content (AvgIpc) is 3.33. The first-order chi connectivity index (χ1) is 19.4. The van der Waals surface area contributed by atoms with Crippen molar-refractivity contribution in [2.45, 2.75) is 25.8 Å². The molecule has 1 saturated heterocycles. The molecule has 11 nitrogen and oxygen atoms in total. The Labute approximate surface area is 233 Å². The quantitative estimate of drug-likeness (QED) is 0.328. The fourth-order valence-electron chi connectivity index (χ4n) is 4.96. The minimum atomic E-state index is -0.448. The van der Waals surface area contributed by atoms with E-state index in [-0.39, 0.29) is 23.9 Å². The van der Waals surface area contributed by atoms with Crippen molar-refractivity contribution in [3.05, 3.63) is 72.0 Å². The number of anilines is 3. The number of amides is 4. The van der Waals surface area contributed by atoms with Crippen molar-refractivity contribution in [2.75, 3.05) is 23.3 Å². The standard InChI is InChI=1S/C28H25N7O4S/c1-3-21(36)34-13-7-8-17(15-34)32-25(37)24-23-22-19(11-12-29-26(22)40-24)35(28(38)33-23)20-14-30-27(31-16(20)2)39-18-9-5-4-6-10-18/h3-6,9-12,14,17H,1,7-8,13,15H2,2H3,(H,32,37)(H,33,38)/t17-/m1/s1. The van der Waals surface area contributed by atoms with Gasteiger partial charge in [-0.2, -0.15) is 4.98 Å². The van der Waals surface area contributed by atoms with Crippen LogP contribution in [0.4, 0.5) is 21.9 Å². The van der Waals surface area contributed by atoms with Crippen LogP contribution in [0.5, 0.6) is 11.8 Å². The lowest BCUT2D eigenvalue weighted by atomic mass is 10.1. The molecule has 12 heteroatoms. The molecule has 40 heavy (non-hydrogen) atoms. The summed E-state index contributed by atoms with van der Waals surface area (Å²) in [6.07, 6.45) is 5.95. The number of aryl methyl sites for hydroxylation is 1. The Morgan fingerprint density at radius 2 is 2.02 bits per heavy atom. The molecule has 2 N–H and O–H groups in total. The summed E-state index contributed by atoms with van der Waals surface area (Å²) in [6, 6.07) is 10.4. The van der Waals surface area contributed by atoms with E-state index in [0.717, 1.165) is 12.8 Å². The molecule has 0 aliphatic carbocycles. The number of nitrogens with zero attached hydrogens (tertiary/aromatic N) is 5. The zero-order valence-electron chi connectivity index (χ0n) is 21.6. The molecular weight excluding hydrogens is 530 g/mol. The first kappa shape index (κ1) is 25.4. The summed E-state index contributed by atoms with van der Waals surface area (Å²) < 4.78 is 5.74. The van der Waals surface area contributed by atoms with Crippen molar-refractivity contribution in [3.63, 3.8) is 0 Å². The zero-order valence-corrected chi connectivity index (χ0v) is 22.4.